The summed E-state index contributed by atoms with van der Waals surface area (Å²) in [5.74, 6) is 0. The Labute approximate surface area is 138 Å². The SMILES string of the molecule is Cn1nc2c(-c3ccc(Cl)cc3Cl)cccc2c1S(=O)Cl. The first-order chi connectivity index (χ1) is 9.99. The summed E-state index contributed by atoms with van der Waals surface area (Å²) in [7, 11) is 5.82. The maximum Gasteiger partial charge on any atom is 0.166 e. The third-order valence-electron chi connectivity index (χ3n) is 3.18. The van der Waals surface area contributed by atoms with Gasteiger partial charge in [-0.3, -0.25) is 4.68 Å². The van der Waals surface area contributed by atoms with Gasteiger partial charge in [0.15, 0.2) is 10.0 Å². The van der Waals surface area contributed by atoms with Crippen LogP contribution < -0.4 is 0 Å². The molecule has 108 valence electrons. The van der Waals surface area contributed by atoms with Crippen LogP contribution in [0.1, 0.15) is 0 Å². The van der Waals surface area contributed by atoms with Crippen LogP contribution in [0.25, 0.3) is 22.0 Å². The third-order valence-corrected chi connectivity index (χ3v) is 4.96. The minimum Gasteiger partial charge on any atom is -0.257 e. The molecule has 0 spiro atoms. The van der Waals surface area contributed by atoms with Crippen LogP contribution >= 0.6 is 33.9 Å². The number of fused-ring (bicyclic) bond motifs is 1. The summed E-state index contributed by atoms with van der Waals surface area (Å²) >= 11 is 12.2. The Morgan fingerprint density at radius 3 is 2.57 bits per heavy atom. The van der Waals surface area contributed by atoms with Crippen molar-refractivity contribution < 1.29 is 4.21 Å². The Morgan fingerprint density at radius 2 is 1.90 bits per heavy atom. The minimum absolute atomic E-state index is 0.471. The molecular formula is C14H9Cl3N2OS. The van der Waals surface area contributed by atoms with Crippen LogP contribution in [0.15, 0.2) is 41.4 Å². The lowest BCUT2D eigenvalue weighted by molar-refractivity contribution is 0.665. The molecule has 0 aliphatic carbocycles. The lowest BCUT2D eigenvalue weighted by atomic mass is 10.0. The largest absolute Gasteiger partial charge is 0.257 e. The van der Waals surface area contributed by atoms with Gasteiger partial charge in [-0.15, -0.1) is 0 Å². The van der Waals surface area contributed by atoms with Crippen molar-refractivity contribution in [1.29, 1.82) is 0 Å². The fraction of sp³-hybridized carbons (Fsp3) is 0.0714. The van der Waals surface area contributed by atoms with Gasteiger partial charge in [-0.2, -0.15) is 5.10 Å². The first-order valence-corrected chi connectivity index (χ1v) is 8.71. The zero-order valence-electron chi connectivity index (χ0n) is 10.8. The van der Waals surface area contributed by atoms with E-state index in [4.69, 9.17) is 33.9 Å². The van der Waals surface area contributed by atoms with Crippen LogP contribution in [0.3, 0.4) is 0 Å². The number of halogens is 3. The fourth-order valence-electron chi connectivity index (χ4n) is 2.31. The molecule has 7 heteroatoms. The molecule has 3 aromatic rings. The summed E-state index contributed by atoms with van der Waals surface area (Å²) in [6.07, 6.45) is 0. The summed E-state index contributed by atoms with van der Waals surface area (Å²) in [6, 6.07) is 10.9. The summed E-state index contributed by atoms with van der Waals surface area (Å²) in [4.78, 5) is 0. The third kappa shape index (κ3) is 2.57. The van der Waals surface area contributed by atoms with Gasteiger partial charge < -0.3 is 0 Å². The first-order valence-electron chi connectivity index (χ1n) is 5.98. The van der Waals surface area contributed by atoms with Crippen molar-refractivity contribution in [2.24, 2.45) is 7.05 Å². The van der Waals surface area contributed by atoms with Gasteiger partial charge >= 0.3 is 0 Å². The van der Waals surface area contributed by atoms with Gasteiger partial charge in [0.25, 0.3) is 0 Å². The van der Waals surface area contributed by atoms with E-state index in [1.54, 1.807) is 19.2 Å². The molecule has 3 rings (SSSR count). The van der Waals surface area contributed by atoms with E-state index < -0.39 is 10.0 Å². The normalized spacial score (nSPS) is 12.8. The van der Waals surface area contributed by atoms with Crippen molar-refractivity contribution in [3.8, 4) is 11.1 Å². The van der Waals surface area contributed by atoms with Crippen LogP contribution in [0, 0.1) is 0 Å². The van der Waals surface area contributed by atoms with E-state index in [0.717, 1.165) is 16.5 Å². The number of aryl methyl sites for hydroxylation is 1. The predicted octanol–water partition coefficient (Wildman–Crippen LogP) is 4.81. The number of hydrogen-bond donors (Lipinski definition) is 0. The fourth-order valence-corrected chi connectivity index (χ4v) is 3.95. The summed E-state index contributed by atoms with van der Waals surface area (Å²) < 4.78 is 13.2. The van der Waals surface area contributed by atoms with Gasteiger partial charge in [-0.25, -0.2) is 4.21 Å². The van der Waals surface area contributed by atoms with Crippen LogP contribution in [0.4, 0.5) is 0 Å². The van der Waals surface area contributed by atoms with Crippen LogP contribution in [-0.2, 0) is 17.1 Å². The van der Waals surface area contributed by atoms with Crippen molar-refractivity contribution >= 4 is 54.8 Å². The zero-order chi connectivity index (χ0) is 15.1. The van der Waals surface area contributed by atoms with Gasteiger partial charge in [0.2, 0.25) is 0 Å². The van der Waals surface area contributed by atoms with E-state index in [9.17, 15) is 4.21 Å². The molecule has 0 bridgehead atoms. The average molecular weight is 360 g/mol. The smallest absolute Gasteiger partial charge is 0.166 e. The zero-order valence-corrected chi connectivity index (χ0v) is 13.9. The molecule has 0 saturated carbocycles. The van der Waals surface area contributed by atoms with E-state index in [1.165, 1.54) is 4.68 Å². The summed E-state index contributed by atoms with van der Waals surface area (Å²) in [5.41, 5.74) is 2.36. The molecule has 0 fully saturated rings. The van der Waals surface area contributed by atoms with Gasteiger partial charge in [0, 0.05) is 33.6 Å². The number of hydrogen-bond acceptors (Lipinski definition) is 2. The van der Waals surface area contributed by atoms with Crippen molar-refractivity contribution in [2.45, 2.75) is 5.03 Å². The first kappa shape index (κ1) is 14.9. The van der Waals surface area contributed by atoms with Crippen LogP contribution in [0.2, 0.25) is 10.0 Å². The highest BCUT2D eigenvalue weighted by atomic mass is 35.7. The molecule has 1 heterocycles. The van der Waals surface area contributed by atoms with Crippen LogP contribution in [-0.4, -0.2) is 14.0 Å². The van der Waals surface area contributed by atoms with Crippen molar-refractivity contribution in [1.82, 2.24) is 9.78 Å². The molecule has 1 atom stereocenters. The number of rotatable bonds is 2. The lowest BCUT2D eigenvalue weighted by Crippen LogP contribution is -1.96. The van der Waals surface area contributed by atoms with Gasteiger partial charge in [0.1, 0.15) is 10.5 Å². The lowest BCUT2D eigenvalue weighted by Gasteiger charge is -2.05. The number of nitrogens with zero attached hydrogens (tertiary/aromatic N) is 2. The van der Waals surface area contributed by atoms with Gasteiger partial charge in [0.05, 0.1) is 0 Å². The second kappa shape index (κ2) is 5.61. The van der Waals surface area contributed by atoms with E-state index in [-0.39, 0.29) is 0 Å². The molecule has 2 aromatic carbocycles. The van der Waals surface area contributed by atoms with Gasteiger partial charge in [-0.1, -0.05) is 41.4 Å². The highest BCUT2D eigenvalue weighted by Gasteiger charge is 2.17. The number of aromatic nitrogens is 2. The Kier molecular flexibility index (Phi) is 3.97. The molecule has 0 aliphatic rings. The molecule has 1 aromatic heterocycles. The molecule has 0 radical (unpaired) electrons. The molecule has 0 saturated heterocycles. The molecule has 3 nitrogen and oxygen atoms in total. The molecule has 0 aliphatic heterocycles. The molecule has 0 N–H and O–H groups in total. The van der Waals surface area contributed by atoms with E-state index in [1.807, 2.05) is 24.3 Å². The van der Waals surface area contributed by atoms with E-state index >= 15 is 0 Å². The Balaban J connectivity index is 2.34. The molecule has 0 amide bonds. The standard InChI is InChI=1S/C14H9Cl3N2OS/c1-19-14(21(17)20)11-4-2-3-10(13(11)18-19)9-6-5-8(15)7-12(9)16/h2-7H,1H3. The Bertz CT molecular complexity index is 876. The predicted molar refractivity (Wildman–Crippen MR) is 88.4 cm³/mol. The van der Waals surface area contributed by atoms with Crippen molar-refractivity contribution in [3.63, 3.8) is 0 Å². The highest BCUT2D eigenvalue weighted by Crippen LogP contribution is 2.36. The quantitative estimate of drug-likeness (QED) is 0.616. The average Bonchev–Trinajstić information content (AvgIpc) is 2.75. The maximum absolute atomic E-state index is 11.7. The highest BCUT2D eigenvalue weighted by molar-refractivity contribution is 8.08. The second-order valence-electron chi connectivity index (χ2n) is 4.48. The summed E-state index contributed by atoms with van der Waals surface area (Å²) in [6.45, 7) is 0. The minimum atomic E-state index is -1.64. The van der Waals surface area contributed by atoms with Gasteiger partial charge in [-0.05, 0) is 28.9 Å². The molecule has 21 heavy (non-hydrogen) atoms. The number of benzene rings is 2. The van der Waals surface area contributed by atoms with Crippen LogP contribution in [0.5, 0.6) is 0 Å². The maximum atomic E-state index is 11.7. The Morgan fingerprint density at radius 1 is 1.14 bits per heavy atom. The van der Waals surface area contributed by atoms with Crippen molar-refractivity contribution in [3.05, 3.63) is 46.4 Å². The molecule has 1 unspecified atom stereocenters. The molecular weight excluding hydrogens is 351 g/mol. The monoisotopic (exact) mass is 358 g/mol. The van der Waals surface area contributed by atoms with Crippen molar-refractivity contribution in [2.75, 3.05) is 0 Å². The second-order valence-corrected chi connectivity index (χ2v) is 7.00. The van der Waals surface area contributed by atoms with E-state index in [2.05, 4.69) is 5.10 Å². The summed E-state index contributed by atoms with van der Waals surface area (Å²) in [5, 5.41) is 6.74. The van der Waals surface area contributed by atoms with E-state index in [0.29, 0.717) is 20.6 Å². The Hall–Kier alpha value is -1.07. The topological polar surface area (TPSA) is 34.9 Å².